The minimum absolute atomic E-state index is 0.193. The van der Waals surface area contributed by atoms with Gasteiger partial charge in [-0.3, -0.25) is 0 Å². The summed E-state index contributed by atoms with van der Waals surface area (Å²) < 4.78 is 0. The Kier molecular flexibility index (Phi) is 3.08. The van der Waals surface area contributed by atoms with Crippen LogP contribution in [0.15, 0.2) is 0 Å². The Morgan fingerprint density at radius 3 is 2.31 bits per heavy atom. The highest BCUT2D eigenvalue weighted by Crippen LogP contribution is 2.25. The predicted molar refractivity (Wildman–Crippen MR) is 50.2 cm³/mol. The van der Waals surface area contributed by atoms with Crippen molar-refractivity contribution < 1.29 is 10.2 Å². The molecule has 0 radical (unpaired) electrons. The topological polar surface area (TPSA) is 79.4 Å². The number of pyridine rings is 1. The molecule has 0 amide bonds. The van der Waals surface area contributed by atoms with Crippen molar-refractivity contribution in [2.75, 3.05) is 5.73 Å². The lowest BCUT2D eigenvalue weighted by Crippen LogP contribution is -2.06. The van der Waals surface area contributed by atoms with E-state index in [1.807, 2.05) is 0 Å². The van der Waals surface area contributed by atoms with Crippen molar-refractivity contribution in [3.63, 3.8) is 0 Å². The Labute approximate surface area is 81.0 Å². The normalized spacial score (nSPS) is 10.5. The molecule has 4 N–H and O–H groups in total. The van der Waals surface area contributed by atoms with Crippen LogP contribution in [0, 0.1) is 6.92 Å². The molecule has 1 aromatic heterocycles. The zero-order valence-corrected chi connectivity index (χ0v) is 7.97. The van der Waals surface area contributed by atoms with Crippen LogP contribution in [0.4, 0.5) is 5.69 Å². The van der Waals surface area contributed by atoms with Crippen LogP contribution < -0.4 is 5.73 Å². The van der Waals surface area contributed by atoms with Crippen molar-refractivity contribution in [1.29, 1.82) is 0 Å². The van der Waals surface area contributed by atoms with E-state index in [2.05, 4.69) is 4.98 Å². The summed E-state index contributed by atoms with van der Waals surface area (Å²) in [6, 6.07) is 0. The summed E-state index contributed by atoms with van der Waals surface area (Å²) in [4.78, 5) is 3.92. The molecule has 0 aliphatic heterocycles. The van der Waals surface area contributed by atoms with Gasteiger partial charge in [0.05, 0.1) is 24.6 Å². The van der Waals surface area contributed by atoms with Crippen LogP contribution in [-0.4, -0.2) is 15.2 Å². The molecule has 0 spiro atoms. The lowest BCUT2D eigenvalue weighted by atomic mass is 10.1. The molecule has 13 heavy (non-hydrogen) atoms. The largest absolute Gasteiger partial charge is 0.397 e. The molecule has 0 saturated carbocycles. The average Bonchev–Trinajstić information content (AvgIpc) is 2.10. The van der Waals surface area contributed by atoms with Gasteiger partial charge >= 0.3 is 0 Å². The van der Waals surface area contributed by atoms with Crippen LogP contribution in [0.25, 0.3) is 0 Å². The van der Waals surface area contributed by atoms with E-state index in [-0.39, 0.29) is 18.4 Å². The van der Waals surface area contributed by atoms with Crippen molar-refractivity contribution in [3.8, 4) is 0 Å². The number of hydrogen-bond acceptors (Lipinski definition) is 4. The van der Waals surface area contributed by atoms with E-state index in [1.165, 1.54) is 0 Å². The summed E-state index contributed by atoms with van der Waals surface area (Å²) >= 11 is 5.75. The van der Waals surface area contributed by atoms with E-state index in [0.29, 0.717) is 22.5 Å². The number of anilines is 1. The van der Waals surface area contributed by atoms with E-state index in [0.717, 1.165) is 0 Å². The Morgan fingerprint density at radius 1 is 1.31 bits per heavy atom. The van der Waals surface area contributed by atoms with Gasteiger partial charge in [0.15, 0.2) is 0 Å². The zero-order chi connectivity index (χ0) is 10.0. The van der Waals surface area contributed by atoms with Gasteiger partial charge in [0, 0.05) is 11.1 Å². The smallest absolute Gasteiger partial charge is 0.135 e. The van der Waals surface area contributed by atoms with Crippen LogP contribution in [0.5, 0.6) is 0 Å². The average molecular weight is 203 g/mol. The van der Waals surface area contributed by atoms with Crippen LogP contribution >= 0.6 is 11.6 Å². The summed E-state index contributed by atoms with van der Waals surface area (Å²) in [7, 11) is 0. The molecule has 0 aliphatic carbocycles. The minimum Gasteiger partial charge on any atom is -0.397 e. The maximum Gasteiger partial charge on any atom is 0.135 e. The van der Waals surface area contributed by atoms with E-state index >= 15 is 0 Å². The van der Waals surface area contributed by atoms with Gasteiger partial charge in [-0.05, 0) is 6.92 Å². The Balaban J connectivity index is 3.41. The number of aromatic nitrogens is 1. The first-order chi connectivity index (χ1) is 6.11. The fraction of sp³-hybridized carbons (Fsp3) is 0.375. The summed E-state index contributed by atoms with van der Waals surface area (Å²) in [5.41, 5.74) is 7.45. The maximum atomic E-state index is 9.00. The number of aliphatic hydroxyl groups excluding tert-OH is 2. The first-order valence-electron chi connectivity index (χ1n) is 3.76. The summed E-state index contributed by atoms with van der Waals surface area (Å²) in [6.07, 6.45) is 0. The molecule has 0 atom stereocenters. The minimum atomic E-state index is -0.272. The highest BCUT2D eigenvalue weighted by Gasteiger charge is 2.12. The first kappa shape index (κ1) is 10.2. The standard InChI is InChI=1S/C8H11ClN2O2/c1-4-7(10)5(2-12)6(3-13)8(9)11-4/h12-13H,2-3,10H2,1H3. The fourth-order valence-corrected chi connectivity index (χ4v) is 1.42. The van der Waals surface area contributed by atoms with Gasteiger partial charge in [0.25, 0.3) is 0 Å². The molecule has 0 bridgehead atoms. The molecular weight excluding hydrogens is 192 g/mol. The lowest BCUT2D eigenvalue weighted by molar-refractivity contribution is 0.260. The molecule has 0 fully saturated rings. The molecule has 1 aromatic rings. The number of nitrogens with two attached hydrogens (primary N) is 1. The Hall–Kier alpha value is -0.840. The number of rotatable bonds is 2. The van der Waals surface area contributed by atoms with Crippen molar-refractivity contribution in [1.82, 2.24) is 4.98 Å². The number of nitrogen functional groups attached to an aromatic ring is 1. The third-order valence-corrected chi connectivity index (χ3v) is 2.22. The monoisotopic (exact) mass is 202 g/mol. The molecule has 4 nitrogen and oxygen atoms in total. The predicted octanol–water partition coefficient (Wildman–Crippen LogP) is 0.610. The van der Waals surface area contributed by atoms with E-state index < -0.39 is 0 Å². The number of halogens is 1. The van der Waals surface area contributed by atoms with Crippen LogP contribution in [0.1, 0.15) is 16.8 Å². The second-order valence-corrected chi connectivity index (χ2v) is 3.03. The summed E-state index contributed by atoms with van der Waals surface area (Å²) in [5, 5.41) is 18.1. The van der Waals surface area contributed by atoms with Gasteiger partial charge in [-0.25, -0.2) is 4.98 Å². The van der Waals surface area contributed by atoms with Gasteiger partial charge in [0.2, 0.25) is 0 Å². The molecule has 0 aliphatic rings. The second-order valence-electron chi connectivity index (χ2n) is 2.68. The lowest BCUT2D eigenvalue weighted by Gasteiger charge is -2.11. The summed E-state index contributed by atoms with van der Waals surface area (Å²) in [6.45, 7) is 1.18. The SMILES string of the molecule is Cc1nc(Cl)c(CO)c(CO)c1N. The van der Waals surface area contributed by atoms with Gasteiger partial charge < -0.3 is 15.9 Å². The Morgan fingerprint density at radius 2 is 1.85 bits per heavy atom. The highest BCUT2D eigenvalue weighted by molar-refractivity contribution is 6.30. The third-order valence-electron chi connectivity index (χ3n) is 1.91. The summed E-state index contributed by atoms with van der Waals surface area (Å²) in [5.74, 6) is 0. The van der Waals surface area contributed by atoms with Gasteiger partial charge in [-0.2, -0.15) is 0 Å². The van der Waals surface area contributed by atoms with E-state index in [9.17, 15) is 0 Å². The van der Waals surface area contributed by atoms with Crippen LogP contribution in [0.2, 0.25) is 5.15 Å². The van der Waals surface area contributed by atoms with Gasteiger partial charge in [-0.15, -0.1) is 0 Å². The highest BCUT2D eigenvalue weighted by atomic mass is 35.5. The first-order valence-corrected chi connectivity index (χ1v) is 4.14. The van der Waals surface area contributed by atoms with E-state index in [1.54, 1.807) is 6.92 Å². The van der Waals surface area contributed by atoms with Gasteiger partial charge in [-0.1, -0.05) is 11.6 Å². The molecule has 1 heterocycles. The van der Waals surface area contributed by atoms with Crippen molar-refractivity contribution in [2.24, 2.45) is 0 Å². The molecule has 1 rings (SSSR count). The molecular formula is C8H11ClN2O2. The number of nitrogens with zero attached hydrogens (tertiary/aromatic N) is 1. The molecule has 0 unspecified atom stereocenters. The van der Waals surface area contributed by atoms with Crippen molar-refractivity contribution in [2.45, 2.75) is 20.1 Å². The quantitative estimate of drug-likeness (QED) is 0.614. The molecule has 5 heteroatoms. The fourth-order valence-electron chi connectivity index (χ4n) is 1.12. The second kappa shape index (κ2) is 3.91. The number of aliphatic hydroxyl groups is 2. The van der Waals surface area contributed by atoms with Crippen LogP contribution in [-0.2, 0) is 13.2 Å². The van der Waals surface area contributed by atoms with E-state index in [4.69, 9.17) is 27.5 Å². The zero-order valence-electron chi connectivity index (χ0n) is 7.21. The van der Waals surface area contributed by atoms with Gasteiger partial charge in [0.1, 0.15) is 5.15 Å². The molecule has 0 saturated heterocycles. The van der Waals surface area contributed by atoms with Crippen molar-refractivity contribution >= 4 is 17.3 Å². The Bertz CT molecular complexity index is 328. The maximum absolute atomic E-state index is 9.00. The number of hydrogen-bond donors (Lipinski definition) is 3. The van der Waals surface area contributed by atoms with Crippen LogP contribution in [0.3, 0.4) is 0 Å². The molecule has 72 valence electrons. The molecule has 0 aromatic carbocycles. The third kappa shape index (κ3) is 1.75. The van der Waals surface area contributed by atoms with Crippen molar-refractivity contribution in [3.05, 3.63) is 22.0 Å². The number of aryl methyl sites for hydroxylation is 1.